The Morgan fingerprint density at radius 2 is 1.48 bits per heavy atom. The van der Waals surface area contributed by atoms with E-state index in [4.69, 9.17) is 9.47 Å². The minimum atomic E-state index is -0.223. The fraction of sp³-hybridized carbons (Fsp3) is 0.613. The molecule has 2 aromatic carbocycles. The second-order valence-electron chi connectivity index (χ2n) is 10.4. The monoisotopic (exact) mass is 452 g/mol. The summed E-state index contributed by atoms with van der Waals surface area (Å²) in [6.07, 6.45) is 7.54. The predicted octanol–water partition coefficient (Wildman–Crippen LogP) is 9.39. The van der Waals surface area contributed by atoms with Crippen molar-refractivity contribution in [2.45, 2.75) is 106 Å². The van der Waals surface area contributed by atoms with Crippen molar-refractivity contribution in [2.24, 2.45) is 17.3 Å². The van der Waals surface area contributed by atoms with E-state index < -0.39 is 0 Å². The molecule has 1 fully saturated rings. The summed E-state index contributed by atoms with van der Waals surface area (Å²) in [7, 11) is 0. The van der Waals surface area contributed by atoms with E-state index in [2.05, 4.69) is 83.1 Å². The molecule has 0 N–H and O–H groups in total. The third-order valence-corrected chi connectivity index (χ3v) is 7.07. The van der Waals surface area contributed by atoms with Gasteiger partial charge in [-0.3, -0.25) is 0 Å². The van der Waals surface area contributed by atoms with Gasteiger partial charge in [-0.1, -0.05) is 110 Å². The van der Waals surface area contributed by atoms with Gasteiger partial charge in [0.05, 0.1) is 6.61 Å². The summed E-state index contributed by atoms with van der Waals surface area (Å²) in [5.41, 5.74) is 2.84. The zero-order chi connectivity index (χ0) is 24.3. The maximum absolute atomic E-state index is 6.48. The molecule has 33 heavy (non-hydrogen) atoms. The van der Waals surface area contributed by atoms with Crippen LogP contribution in [0.3, 0.4) is 0 Å². The van der Waals surface area contributed by atoms with Crippen molar-refractivity contribution in [3.63, 3.8) is 0 Å². The van der Waals surface area contributed by atoms with Crippen LogP contribution in [0.4, 0.5) is 0 Å². The van der Waals surface area contributed by atoms with Gasteiger partial charge in [-0.05, 0) is 59.8 Å². The van der Waals surface area contributed by atoms with Crippen LogP contribution in [-0.4, -0.2) is 6.29 Å². The van der Waals surface area contributed by atoms with Crippen LogP contribution in [0.15, 0.2) is 54.6 Å². The van der Waals surface area contributed by atoms with Crippen molar-refractivity contribution in [1.29, 1.82) is 0 Å². The second kappa shape index (κ2) is 13.8. The summed E-state index contributed by atoms with van der Waals surface area (Å²) < 4.78 is 12.9. The van der Waals surface area contributed by atoms with Crippen LogP contribution in [0.1, 0.15) is 104 Å². The first kappa shape index (κ1) is 27.4. The Balaban J connectivity index is 0.00000187. The van der Waals surface area contributed by atoms with Gasteiger partial charge in [0.15, 0.2) is 0 Å². The highest BCUT2D eigenvalue weighted by Gasteiger charge is 2.30. The highest BCUT2D eigenvalue weighted by atomic mass is 16.7. The van der Waals surface area contributed by atoms with E-state index in [0.29, 0.717) is 24.4 Å². The molecular weight excluding hydrogens is 404 g/mol. The Kier molecular flexibility index (Phi) is 11.5. The molecule has 0 heterocycles. The molecular formula is C31H48O2. The van der Waals surface area contributed by atoms with Crippen LogP contribution in [0.2, 0.25) is 0 Å². The summed E-state index contributed by atoms with van der Waals surface area (Å²) >= 11 is 0. The van der Waals surface area contributed by atoms with Crippen molar-refractivity contribution >= 4 is 0 Å². The molecule has 3 rings (SSSR count). The average molecular weight is 453 g/mol. The van der Waals surface area contributed by atoms with E-state index >= 15 is 0 Å². The molecule has 0 aliphatic heterocycles. The fourth-order valence-corrected chi connectivity index (χ4v) is 5.19. The van der Waals surface area contributed by atoms with Crippen LogP contribution in [0, 0.1) is 17.3 Å². The standard InChI is InChI=1S/C29H42O2.C2H6/c1-6-27(29(3,4)5)25-17-19-26(20-18-25)31-28(22(2)24-15-11-8-12-16-24)30-21-23-13-9-7-10-14-23;1-2/h7,9-10,13-14,17-20,22,24,27-28H,6,8,11-12,15-16,21H2,1-5H3;1-2H3. The van der Waals surface area contributed by atoms with E-state index in [1.165, 1.54) is 43.2 Å². The van der Waals surface area contributed by atoms with Crippen LogP contribution in [-0.2, 0) is 11.3 Å². The van der Waals surface area contributed by atoms with Gasteiger partial charge in [0, 0.05) is 5.92 Å². The number of benzene rings is 2. The van der Waals surface area contributed by atoms with Crippen molar-refractivity contribution in [2.75, 3.05) is 0 Å². The van der Waals surface area contributed by atoms with Crippen LogP contribution >= 0.6 is 0 Å². The summed E-state index contributed by atoms with van der Waals surface area (Å²) in [6, 6.07) is 19.2. The van der Waals surface area contributed by atoms with Gasteiger partial charge in [-0.2, -0.15) is 0 Å². The van der Waals surface area contributed by atoms with Gasteiger partial charge in [-0.25, -0.2) is 0 Å². The lowest BCUT2D eigenvalue weighted by atomic mass is 9.75. The zero-order valence-electron chi connectivity index (χ0n) is 22.3. The van der Waals surface area contributed by atoms with Crippen LogP contribution < -0.4 is 4.74 Å². The molecule has 0 aromatic heterocycles. The normalized spacial score (nSPS) is 17.4. The molecule has 2 heteroatoms. The van der Waals surface area contributed by atoms with Gasteiger partial charge in [-0.15, -0.1) is 0 Å². The molecule has 2 nitrogen and oxygen atoms in total. The SMILES string of the molecule is CC.CCC(c1ccc(OC(OCc2ccccc2)C(C)C2CCCCC2)cc1)C(C)(C)C. The third kappa shape index (κ3) is 8.49. The quantitative estimate of drug-likeness (QED) is 0.353. The first-order valence-electron chi connectivity index (χ1n) is 13.3. The van der Waals surface area contributed by atoms with Crippen molar-refractivity contribution in [3.8, 4) is 5.75 Å². The van der Waals surface area contributed by atoms with E-state index in [1.54, 1.807) is 0 Å². The highest BCUT2D eigenvalue weighted by molar-refractivity contribution is 5.30. The number of ether oxygens (including phenoxy) is 2. The van der Waals surface area contributed by atoms with E-state index in [1.807, 2.05) is 19.9 Å². The molecule has 2 aromatic rings. The van der Waals surface area contributed by atoms with Crippen LogP contribution in [0.5, 0.6) is 5.75 Å². The minimum absolute atomic E-state index is 0.223. The Bertz CT molecular complexity index is 754. The van der Waals surface area contributed by atoms with E-state index in [9.17, 15) is 0 Å². The fourth-order valence-electron chi connectivity index (χ4n) is 5.19. The van der Waals surface area contributed by atoms with E-state index in [0.717, 1.165) is 12.2 Å². The highest BCUT2D eigenvalue weighted by Crippen LogP contribution is 2.38. The van der Waals surface area contributed by atoms with Gasteiger partial charge in [0.1, 0.15) is 5.75 Å². The maximum Gasteiger partial charge on any atom is 0.202 e. The van der Waals surface area contributed by atoms with Crippen LogP contribution in [0.25, 0.3) is 0 Å². The predicted molar refractivity (Wildman–Crippen MR) is 142 cm³/mol. The van der Waals surface area contributed by atoms with Crippen molar-refractivity contribution < 1.29 is 9.47 Å². The molecule has 184 valence electrons. The Hall–Kier alpha value is -1.80. The first-order chi connectivity index (χ1) is 15.9. The lowest BCUT2D eigenvalue weighted by Gasteiger charge is -2.34. The van der Waals surface area contributed by atoms with E-state index in [-0.39, 0.29) is 11.7 Å². The Labute approximate surface area is 204 Å². The molecule has 0 spiro atoms. The molecule has 1 aliphatic carbocycles. The third-order valence-electron chi connectivity index (χ3n) is 7.07. The topological polar surface area (TPSA) is 18.5 Å². The zero-order valence-corrected chi connectivity index (χ0v) is 22.3. The first-order valence-corrected chi connectivity index (χ1v) is 13.3. The summed E-state index contributed by atoms with van der Waals surface area (Å²) in [5.74, 6) is 2.52. The lowest BCUT2D eigenvalue weighted by Crippen LogP contribution is -2.34. The molecule has 0 radical (unpaired) electrons. The molecule has 1 aliphatic rings. The molecule has 0 saturated heterocycles. The smallest absolute Gasteiger partial charge is 0.202 e. The number of rotatable bonds is 9. The Morgan fingerprint density at radius 1 is 0.879 bits per heavy atom. The number of hydrogen-bond acceptors (Lipinski definition) is 2. The van der Waals surface area contributed by atoms with Gasteiger partial charge in [0.25, 0.3) is 0 Å². The number of hydrogen-bond donors (Lipinski definition) is 0. The molecule has 0 amide bonds. The minimum Gasteiger partial charge on any atom is -0.465 e. The van der Waals surface area contributed by atoms with Gasteiger partial charge in [0.2, 0.25) is 6.29 Å². The van der Waals surface area contributed by atoms with Gasteiger partial charge >= 0.3 is 0 Å². The largest absolute Gasteiger partial charge is 0.465 e. The van der Waals surface area contributed by atoms with Crippen molar-refractivity contribution in [3.05, 3.63) is 65.7 Å². The molecule has 0 bridgehead atoms. The van der Waals surface area contributed by atoms with Crippen molar-refractivity contribution in [1.82, 2.24) is 0 Å². The maximum atomic E-state index is 6.48. The molecule has 3 atom stereocenters. The van der Waals surface area contributed by atoms with Gasteiger partial charge < -0.3 is 9.47 Å². The summed E-state index contributed by atoms with van der Waals surface area (Å²) in [5, 5.41) is 0. The molecule has 3 unspecified atom stereocenters. The summed E-state index contributed by atoms with van der Waals surface area (Å²) in [4.78, 5) is 0. The molecule has 1 saturated carbocycles. The summed E-state index contributed by atoms with van der Waals surface area (Å²) in [6.45, 7) is 16.1. The second-order valence-corrected chi connectivity index (χ2v) is 10.4. The average Bonchev–Trinajstić information content (AvgIpc) is 2.84. The lowest BCUT2D eigenvalue weighted by molar-refractivity contribution is -0.135. The Morgan fingerprint density at radius 3 is 2.03 bits per heavy atom.